The second-order valence-electron chi connectivity index (χ2n) is 2.32. The van der Waals surface area contributed by atoms with E-state index in [1.165, 1.54) is 6.08 Å². The third-order valence-electron chi connectivity index (χ3n) is 0.958. The fraction of sp³-hybridized carbons (Fsp3) is 0.167. The van der Waals surface area contributed by atoms with Crippen molar-refractivity contribution >= 4 is 11.9 Å². The predicted octanol–water partition coefficient (Wildman–Crippen LogP) is 2.54. The number of carboxylic acid groups (broad SMARTS) is 2. The number of aliphatic hydroxyl groups is 1. The van der Waals surface area contributed by atoms with E-state index in [0.29, 0.717) is 6.42 Å². The molecule has 0 fully saturated rings. The normalized spacial score (nSPS) is 8.41. The van der Waals surface area contributed by atoms with Gasteiger partial charge in [-0.25, -0.2) is 9.59 Å². The first-order chi connectivity index (χ1) is 7.87. The van der Waals surface area contributed by atoms with Crippen LogP contribution in [0.1, 0.15) is 13.3 Å². The lowest BCUT2D eigenvalue weighted by Crippen LogP contribution is -1.97. The Morgan fingerprint density at radius 1 is 1.06 bits per heavy atom. The standard InChI is InChI=1S/C5H8O3.C4H6.C3H4O2/c1-2-3-4(6)5(7)8;1-3-4-2;1-2-3(4)5/h3,6H,2H2,1H3,(H,7,8);3-4H,1-2H2;2H,1H2,(H,4,5)/b4-3-;;. The number of hydrogen-bond donors (Lipinski definition) is 3. The molecule has 0 spiro atoms. The molecule has 0 heterocycles. The van der Waals surface area contributed by atoms with Crippen molar-refractivity contribution in [3.05, 3.63) is 49.8 Å². The highest BCUT2D eigenvalue weighted by Crippen LogP contribution is 1.89. The van der Waals surface area contributed by atoms with E-state index in [1.807, 2.05) is 0 Å². The van der Waals surface area contributed by atoms with Gasteiger partial charge in [0.15, 0.2) is 5.76 Å². The Labute approximate surface area is 101 Å². The second-order valence-corrected chi connectivity index (χ2v) is 2.32. The van der Waals surface area contributed by atoms with Crippen molar-refractivity contribution in [1.82, 2.24) is 0 Å². The fourth-order valence-corrected chi connectivity index (χ4v) is 0.281. The molecule has 0 saturated carbocycles. The minimum atomic E-state index is -1.27. The highest BCUT2D eigenvalue weighted by atomic mass is 16.4. The maximum absolute atomic E-state index is 9.77. The van der Waals surface area contributed by atoms with Gasteiger partial charge in [0.2, 0.25) is 0 Å². The summed E-state index contributed by atoms with van der Waals surface area (Å²) in [6.45, 7) is 11.4. The Kier molecular flexibility index (Phi) is 19.1. The second kappa shape index (κ2) is 16.1. The summed E-state index contributed by atoms with van der Waals surface area (Å²) in [5.74, 6) is -2.83. The van der Waals surface area contributed by atoms with Crippen molar-refractivity contribution in [2.24, 2.45) is 0 Å². The van der Waals surface area contributed by atoms with E-state index in [2.05, 4.69) is 19.7 Å². The van der Waals surface area contributed by atoms with E-state index in [4.69, 9.17) is 15.3 Å². The number of rotatable bonds is 4. The van der Waals surface area contributed by atoms with Crippen LogP contribution in [0.2, 0.25) is 0 Å². The summed E-state index contributed by atoms with van der Waals surface area (Å²) in [6, 6.07) is 0. The van der Waals surface area contributed by atoms with Gasteiger partial charge >= 0.3 is 11.9 Å². The summed E-state index contributed by atoms with van der Waals surface area (Å²) < 4.78 is 0. The summed E-state index contributed by atoms with van der Waals surface area (Å²) in [5, 5.41) is 24.0. The van der Waals surface area contributed by atoms with Gasteiger partial charge in [-0.1, -0.05) is 38.8 Å². The molecule has 5 heteroatoms. The number of allylic oxidation sites excluding steroid dienone is 3. The molecule has 96 valence electrons. The van der Waals surface area contributed by atoms with Gasteiger partial charge in [-0.2, -0.15) is 0 Å². The van der Waals surface area contributed by atoms with Crippen LogP contribution in [0.3, 0.4) is 0 Å². The Hall–Kier alpha value is -2.30. The quantitative estimate of drug-likeness (QED) is 0.400. The zero-order chi connectivity index (χ0) is 14.3. The molecule has 0 amide bonds. The summed E-state index contributed by atoms with van der Waals surface area (Å²) in [7, 11) is 0. The largest absolute Gasteiger partial charge is 0.502 e. The molecule has 17 heavy (non-hydrogen) atoms. The lowest BCUT2D eigenvalue weighted by Gasteiger charge is -1.86. The molecule has 0 rings (SSSR count). The number of aliphatic carboxylic acids is 2. The van der Waals surface area contributed by atoms with Gasteiger partial charge in [-0.05, 0) is 12.5 Å². The van der Waals surface area contributed by atoms with Gasteiger partial charge < -0.3 is 15.3 Å². The molecule has 0 unspecified atom stereocenters. The molecular formula is C12H18O5. The topological polar surface area (TPSA) is 94.8 Å². The summed E-state index contributed by atoms with van der Waals surface area (Å²) in [6.07, 6.45) is 5.89. The molecule has 0 radical (unpaired) electrons. The number of carboxylic acids is 2. The lowest BCUT2D eigenvalue weighted by atomic mass is 10.4. The van der Waals surface area contributed by atoms with Crippen LogP contribution in [-0.2, 0) is 9.59 Å². The fourth-order valence-electron chi connectivity index (χ4n) is 0.281. The van der Waals surface area contributed by atoms with E-state index >= 15 is 0 Å². The van der Waals surface area contributed by atoms with Crippen LogP contribution in [0.5, 0.6) is 0 Å². The Bertz CT molecular complexity index is 283. The molecule has 0 saturated heterocycles. The molecule has 5 nitrogen and oxygen atoms in total. The third-order valence-corrected chi connectivity index (χ3v) is 0.958. The van der Waals surface area contributed by atoms with E-state index in [1.54, 1.807) is 19.1 Å². The predicted molar refractivity (Wildman–Crippen MR) is 66.9 cm³/mol. The van der Waals surface area contributed by atoms with Crippen LogP contribution in [0.15, 0.2) is 49.8 Å². The molecule has 0 bridgehead atoms. The number of hydrogen-bond acceptors (Lipinski definition) is 3. The van der Waals surface area contributed by atoms with Gasteiger partial charge in [0.05, 0.1) is 0 Å². The van der Waals surface area contributed by atoms with Crippen LogP contribution in [0, 0.1) is 0 Å². The van der Waals surface area contributed by atoms with Crippen LogP contribution in [-0.4, -0.2) is 27.3 Å². The van der Waals surface area contributed by atoms with Gasteiger partial charge in [0, 0.05) is 6.08 Å². The smallest absolute Gasteiger partial charge is 0.370 e. The molecule has 3 N–H and O–H groups in total. The number of carbonyl (C=O) groups is 2. The van der Waals surface area contributed by atoms with Crippen molar-refractivity contribution in [1.29, 1.82) is 0 Å². The maximum atomic E-state index is 9.77. The average Bonchev–Trinajstić information content (AvgIpc) is 2.30. The Morgan fingerprint density at radius 3 is 1.47 bits per heavy atom. The molecule has 0 aliphatic rings. The van der Waals surface area contributed by atoms with Crippen molar-refractivity contribution in [3.8, 4) is 0 Å². The summed E-state index contributed by atoms with van der Waals surface area (Å²) in [5.41, 5.74) is 0. The van der Waals surface area contributed by atoms with Crippen LogP contribution in [0.4, 0.5) is 0 Å². The molecule has 0 aliphatic carbocycles. The van der Waals surface area contributed by atoms with Crippen LogP contribution >= 0.6 is 0 Å². The van der Waals surface area contributed by atoms with Gasteiger partial charge in [0.1, 0.15) is 0 Å². The summed E-state index contributed by atoms with van der Waals surface area (Å²) >= 11 is 0. The van der Waals surface area contributed by atoms with Gasteiger partial charge in [0.25, 0.3) is 0 Å². The molecule has 0 aromatic carbocycles. The lowest BCUT2D eigenvalue weighted by molar-refractivity contribution is -0.135. The zero-order valence-corrected chi connectivity index (χ0v) is 9.80. The van der Waals surface area contributed by atoms with Crippen molar-refractivity contribution in [3.63, 3.8) is 0 Å². The van der Waals surface area contributed by atoms with Crippen molar-refractivity contribution < 1.29 is 24.9 Å². The Balaban J connectivity index is -0.000000188. The first-order valence-electron chi connectivity index (χ1n) is 4.58. The number of aliphatic hydroxyl groups excluding tert-OH is 1. The third kappa shape index (κ3) is 31.6. The molecule has 0 aliphatic heterocycles. The average molecular weight is 242 g/mol. The summed E-state index contributed by atoms with van der Waals surface area (Å²) in [4.78, 5) is 19.0. The van der Waals surface area contributed by atoms with Crippen molar-refractivity contribution in [2.45, 2.75) is 13.3 Å². The first-order valence-corrected chi connectivity index (χ1v) is 4.58. The molecule has 0 aromatic rings. The first kappa shape index (κ1) is 20.2. The maximum Gasteiger partial charge on any atom is 0.370 e. The van der Waals surface area contributed by atoms with E-state index in [0.717, 1.165) is 6.08 Å². The molecular weight excluding hydrogens is 224 g/mol. The molecule has 0 atom stereocenters. The minimum absolute atomic E-state index is 0.540. The van der Waals surface area contributed by atoms with E-state index in [9.17, 15) is 9.59 Å². The van der Waals surface area contributed by atoms with Crippen LogP contribution in [0.25, 0.3) is 0 Å². The highest BCUT2D eigenvalue weighted by Gasteiger charge is 1.99. The molecule has 0 aromatic heterocycles. The minimum Gasteiger partial charge on any atom is -0.502 e. The SMILES string of the molecule is C=CC(=O)O.C=CC=C.CC/C=C(\O)C(=O)O. The monoisotopic (exact) mass is 242 g/mol. The van der Waals surface area contributed by atoms with E-state index < -0.39 is 17.7 Å². The van der Waals surface area contributed by atoms with Crippen molar-refractivity contribution in [2.75, 3.05) is 0 Å². The Morgan fingerprint density at radius 2 is 1.41 bits per heavy atom. The highest BCUT2D eigenvalue weighted by molar-refractivity contribution is 5.83. The zero-order valence-electron chi connectivity index (χ0n) is 9.80. The van der Waals surface area contributed by atoms with Gasteiger partial charge in [-0.3, -0.25) is 0 Å². The van der Waals surface area contributed by atoms with E-state index in [-0.39, 0.29) is 0 Å². The van der Waals surface area contributed by atoms with Crippen LogP contribution < -0.4 is 0 Å². The van der Waals surface area contributed by atoms with Gasteiger partial charge in [-0.15, -0.1) is 0 Å².